The van der Waals surface area contributed by atoms with Gasteiger partial charge in [-0.15, -0.1) is 0 Å². The molecule has 4 heteroatoms. The van der Waals surface area contributed by atoms with Gasteiger partial charge in [-0.05, 0) is 18.2 Å². The average Bonchev–Trinajstić information content (AvgIpc) is 2.27. The lowest BCUT2D eigenvalue weighted by Gasteiger charge is -2.05. The van der Waals surface area contributed by atoms with Crippen LogP contribution in [0.15, 0.2) is 36.4 Å². The Kier molecular flexibility index (Phi) is 2.81. The van der Waals surface area contributed by atoms with Gasteiger partial charge in [0.15, 0.2) is 17.5 Å². The van der Waals surface area contributed by atoms with Crippen LogP contribution in [0.1, 0.15) is 0 Å². The predicted molar refractivity (Wildman–Crippen MR) is 51.7 cm³/mol. The maximum atomic E-state index is 12.8. The molecule has 1 radical (unpaired) electrons. The van der Waals surface area contributed by atoms with Crippen molar-refractivity contribution in [3.63, 3.8) is 0 Å². The number of halogens is 3. The summed E-state index contributed by atoms with van der Waals surface area (Å²) in [7, 11) is 0. The smallest absolute Gasteiger partial charge is 0.194 e. The summed E-state index contributed by atoms with van der Waals surface area (Å²) in [4.78, 5) is 0. The Morgan fingerprint density at radius 2 is 1.44 bits per heavy atom. The molecular formula is C12H6F3O. The Labute approximate surface area is 90.1 Å². The van der Waals surface area contributed by atoms with Crippen LogP contribution >= 0.6 is 0 Å². The van der Waals surface area contributed by atoms with Gasteiger partial charge in [-0.2, -0.15) is 0 Å². The molecular weight excluding hydrogens is 217 g/mol. The van der Waals surface area contributed by atoms with Crippen LogP contribution in [0.3, 0.4) is 0 Å². The van der Waals surface area contributed by atoms with Crippen molar-refractivity contribution in [3.05, 3.63) is 59.9 Å². The van der Waals surface area contributed by atoms with E-state index in [4.69, 9.17) is 4.74 Å². The molecule has 2 rings (SSSR count). The summed E-state index contributed by atoms with van der Waals surface area (Å²) in [5.74, 6) is -3.77. The van der Waals surface area contributed by atoms with Crippen LogP contribution in [0.4, 0.5) is 13.2 Å². The second kappa shape index (κ2) is 4.26. The molecule has 0 N–H and O–H groups in total. The van der Waals surface area contributed by atoms with Crippen LogP contribution < -0.4 is 4.74 Å². The van der Waals surface area contributed by atoms with Crippen molar-refractivity contribution < 1.29 is 17.9 Å². The summed E-state index contributed by atoms with van der Waals surface area (Å²) in [6, 6.07) is 10.7. The first-order chi connectivity index (χ1) is 7.66. The number of hydrogen-bond acceptors (Lipinski definition) is 1. The van der Waals surface area contributed by atoms with E-state index in [9.17, 15) is 13.2 Å². The molecule has 0 atom stereocenters. The van der Waals surface area contributed by atoms with E-state index in [2.05, 4.69) is 6.07 Å². The molecule has 81 valence electrons. The van der Waals surface area contributed by atoms with Crippen LogP contribution in [-0.2, 0) is 0 Å². The fourth-order valence-corrected chi connectivity index (χ4v) is 1.17. The Balaban J connectivity index is 2.29. The minimum absolute atomic E-state index is 0.0948. The first kappa shape index (κ1) is 10.5. The summed E-state index contributed by atoms with van der Waals surface area (Å²) < 4.78 is 43.5. The van der Waals surface area contributed by atoms with E-state index in [0.29, 0.717) is 5.75 Å². The highest BCUT2D eigenvalue weighted by Crippen LogP contribution is 2.24. The van der Waals surface area contributed by atoms with Gasteiger partial charge in [-0.1, -0.05) is 12.1 Å². The zero-order chi connectivity index (χ0) is 11.5. The van der Waals surface area contributed by atoms with E-state index in [1.165, 1.54) is 0 Å². The number of rotatable bonds is 2. The Hall–Kier alpha value is -1.97. The van der Waals surface area contributed by atoms with Crippen molar-refractivity contribution in [1.29, 1.82) is 0 Å². The average molecular weight is 223 g/mol. The number of benzene rings is 2. The monoisotopic (exact) mass is 223 g/mol. The van der Waals surface area contributed by atoms with E-state index in [0.717, 1.165) is 12.1 Å². The van der Waals surface area contributed by atoms with Gasteiger partial charge in [0.2, 0.25) is 0 Å². The number of hydrogen-bond donors (Lipinski definition) is 0. The molecule has 0 aromatic heterocycles. The maximum Gasteiger partial charge on any atom is 0.194 e. The maximum absolute atomic E-state index is 12.8. The van der Waals surface area contributed by atoms with Crippen molar-refractivity contribution in [2.75, 3.05) is 0 Å². The largest absolute Gasteiger partial charge is 0.457 e. The van der Waals surface area contributed by atoms with Crippen LogP contribution in [0.25, 0.3) is 0 Å². The van der Waals surface area contributed by atoms with E-state index in [1.807, 2.05) is 0 Å². The summed E-state index contributed by atoms with van der Waals surface area (Å²) >= 11 is 0. The zero-order valence-electron chi connectivity index (χ0n) is 8.01. The van der Waals surface area contributed by atoms with Crippen molar-refractivity contribution in [2.45, 2.75) is 0 Å². The van der Waals surface area contributed by atoms with Crippen molar-refractivity contribution in [3.8, 4) is 11.5 Å². The van der Waals surface area contributed by atoms with E-state index < -0.39 is 17.5 Å². The quantitative estimate of drug-likeness (QED) is 0.705. The van der Waals surface area contributed by atoms with Gasteiger partial charge in [0.1, 0.15) is 11.5 Å². The molecule has 0 bridgehead atoms. The highest BCUT2D eigenvalue weighted by molar-refractivity contribution is 5.31. The molecule has 0 aliphatic rings. The summed E-state index contributed by atoms with van der Waals surface area (Å²) in [5.41, 5.74) is 0. The van der Waals surface area contributed by atoms with E-state index in [1.54, 1.807) is 24.3 Å². The van der Waals surface area contributed by atoms with Crippen molar-refractivity contribution >= 4 is 0 Å². The minimum Gasteiger partial charge on any atom is -0.457 e. The fraction of sp³-hybridized carbons (Fsp3) is 0. The van der Waals surface area contributed by atoms with Crippen LogP contribution in [0, 0.1) is 23.5 Å². The normalized spacial score (nSPS) is 10.2. The molecule has 1 nitrogen and oxygen atoms in total. The standard InChI is InChI=1S/C12H6F3O/c13-10-6-9(7-11(14)12(10)15)16-8-4-2-1-3-5-8/h2-7H. The molecule has 0 saturated carbocycles. The topological polar surface area (TPSA) is 9.23 Å². The van der Waals surface area contributed by atoms with Crippen molar-refractivity contribution in [2.24, 2.45) is 0 Å². The minimum atomic E-state index is -1.51. The fourth-order valence-electron chi connectivity index (χ4n) is 1.17. The molecule has 0 aliphatic carbocycles. The zero-order valence-corrected chi connectivity index (χ0v) is 8.01. The van der Waals surface area contributed by atoms with Gasteiger partial charge in [-0.25, -0.2) is 13.2 Å². The third-order valence-electron chi connectivity index (χ3n) is 1.88. The lowest BCUT2D eigenvalue weighted by atomic mass is 10.3. The lowest BCUT2D eigenvalue weighted by Crippen LogP contribution is -1.92. The van der Waals surface area contributed by atoms with Crippen molar-refractivity contribution in [1.82, 2.24) is 0 Å². The summed E-state index contributed by atoms with van der Waals surface area (Å²) in [6.45, 7) is 0. The molecule has 16 heavy (non-hydrogen) atoms. The first-order valence-electron chi connectivity index (χ1n) is 4.45. The van der Waals surface area contributed by atoms with E-state index >= 15 is 0 Å². The third kappa shape index (κ3) is 2.16. The molecule has 0 spiro atoms. The summed E-state index contributed by atoms with van der Waals surface area (Å²) in [6.07, 6.45) is 0. The SMILES string of the molecule is Fc1cc(Oc2cc[c]cc2)cc(F)c1F. The third-order valence-corrected chi connectivity index (χ3v) is 1.88. The second-order valence-corrected chi connectivity index (χ2v) is 3.04. The summed E-state index contributed by atoms with van der Waals surface area (Å²) in [5, 5.41) is 0. The van der Waals surface area contributed by atoms with Crippen LogP contribution in [0.5, 0.6) is 11.5 Å². The Bertz CT molecular complexity index is 474. The number of ether oxygens (including phenoxy) is 1. The molecule has 0 aliphatic heterocycles. The van der Waals surface area contributed by atoms with Gasteiger partial charge in [-0.3, -0.25) is 0 Å². The Morgan fingerprint density at radius 3 is 2.00 bits per heavy atom. The highest BCUT2D eigenvalue weighted by atomic mass is 19.2. The predicted octanol–water partition coefficient (Wildman–Crippen LogP) is 3.70. The molecule has 0 heterocycles. The lowest BCUT2D eigenvalue weighted by molar-refractivity contribution is 0.423. The molecule has 0 saturated heterocycles. The van der Waals surface area contributed by atoms with Gasteiger partial charge >= 0.3 is 0 Å². The van der Waals surface area contributed by atoms with Gasteiger partial charge in [0, 0.05) is 12.1 Å². The van der Waals surface area contributed by atoms with E-state index in [-0.39, 0.29) is 5.75 Å². The molecule has 0 amide bonds. The second-order valence-electron chi connectivity index (χ2n) is 3.04. The molecule has 2 aromatic rings. The van der Waals surface area contributed by atoms with Crippen LogP contribution in [-0.4, -0.2) is 0 Å². The van der Waals surface area contributed by atoms with Gasteiger partial charge in [0.25, 0.3) is 0 Å². The molecule has 0 fully saturated rings. The van der Waals surface area contributed by atoms with Crippen LogP contribution in [0.2, 0.25) is 0 Å². The molecule has 2 aromatic carbocycles. The Morgan fingerprint density at radius 1 is 0.875 bits per heavy atom. The first-order valence-corrected chi connectivity index (χ1v) is 4.45. The molecule has 0 unspecified atom stereocenters. The highest BCUT2D eigenvalue weighted by Gasteiger charge is 2.11. The van der Waals surface area contributed by atoms with Gasteiger partial charge in [0.05, 0.1) is 0 Å². The van der Waals surface area contributed by atoms with Gasteiger partial charge < -0.3 is 4.74 Å².